The van der Waals surface area contributed by atoms with Crippen LogP contribution in [0.1, 0.15) is 0 Å². The molecule has 9 rings (SSSR count). The molecule has 186 valence electrons. The first kappa shape index (κ1) is 21.3. The predicted octanol–water partition coefficient (Wildman–Crippen LogP) is 7.77. The highest BCUT2D eigenvalue weighted by Crippen LogP contribution is 2.46. The van der Waals surface area contributed by atoms with Gasteiger partial charge in [-0.15, -0.1) is 0 Å². The van der Waals surface area contributed by atoms with E-state index in [9.17, 15) is 0 Å². The van der Waals surface area contributed by atoms with Crippen LogP contribution in [0.4, 0.5) is 0 Å². The monoisotopic (exact) mass is 512 g/mol. The molecule has 6 nitrogen and oxygen atoms in total. The Morgan fingerprint density at radius 3 is 2.05 bits per heavy atom. The molecule has 0 N–H and O–H groups in total. The van der Waals surface area contributed by atoms with Crippen molar-refractivity contribution in [2.24, 2.45) is 0 Å². The fourth-order valence-corrected chi connectivity index (χ4v) is 6.41. The van der Waals surface area contributed by atoms with E-state index >= 15 is 0 Å². The topological polar surface area (TPSA) is 61.4 Å². The number of hydrogen-bond donors (Lipinski definition) is 0. The van der Waals surface area contributed by atoms with E-state index in [1.165, 1.54) is 0 Å². The van der Waals surface area contributed by atoms with Crippen molar-refractivity contribution in [2.75, 3.05) is 0 Å². The van der Waals surface area contributed by atoms with Gasteiger partial charge in [-0.05, 0) is 36.4 Å². The summed E-state index contributed by atoms with van der Waals surface area (Å²) in [4.78, 5) is 18.8. The molecule has 0 fully saturated rings. The molecule has 40 heavy (non-hydrogen) atoms. The van der Waals surface area contributed by atoms with Crippen molar-refractivity contribution in [2.45, 2.75) is 0 Å². The number of benzene rings is 5. The summed E-state index contributed by atoms with van der Waals surface area (Å²) in [6.07, 6.45) is 7.12. The molecule has 6 heteroatoms. The molecule has 0 spiro atoms. The molecule has 0 aliphatic carbocycles. The van der Waals surface area contributed by atoms with Crippen LogP contribution in [-0.4, -0.2) is 29.1 Å². The zero-order valence-corrected chi connectivity index (χ0v) is 21.2. The van der Waals surface area contributed by atoms with E-state index < -0.39 is 0 Å². The first-order chi connectivity index (χ1) is 19.9. The van der Waals surface area contributed by atoms with Gasteiger partial charge in [-0.25, -0.2) is 9.97 Å². The Labute approximate surface area is 227 Å². The van der Waals surface area contributed by atoms with Gasteiger partial charge in [0, 0.05) is 51.2 Å². The average Bonchev–Trinajstić information content (AvgIpc) is 3.55. The molecule has 9 aromatic rings. The van der Waals surface area contributed by atoms with E-state index in [0.29, 0.717) is 0 Å². The SMILES string of the molecule is c1ccc(-n2c3ccccc3c3c4ncncc4c4c5ccccc5n(-c5cccc6nccnc56)c4c32)cc1. The van der Waals surface area contributed by atoms with Crippen molar-refractivity contribution in [3.8, 4) is 11.4 Å². The minimum atomic E-state index is 0.854. The molecule has 0 atom stereocenters. The van der Waals surface area contributed by atoms with Gasteiger partial charge >= 0.3 is 0 Å². The summed E-state index contributed by atoms with van der Waals surface area (Å²) in [5.74, 6) is 0. The second-order valence-electron chi connectivity index (χ2n) is 9.97. The van der Waals surface area contributed by atoms with Crippen LogP contribution >= 0.6 is 0 Å². The normalized spacial score (nSPS) is 12.0. The molecule has 0 aliphatic rings. The highest BCUT2D eigenvalue weighted by atomic mass is 15.1. The number of para-hydroxylation sites is 4. The lowest BCUT2D eigenvalue weighted by Gasteiger charge is -2.14. The Balaban J connectivity index is 1.67. The van der Waals surface area contributed by atoms with Gasteiger partial charge in [-0.2, -0.15) is 0 Å². The largest absolute Gasteiger partial charge is 0.307 e. The summed E-state index contributed by atoms with van der Waals surface area (Å²) in [6, 6.07) is 33.9. The van der Waals surface area contributed by atoms with Crippen molar-refractivity contribution in [3.05, 3.63) is 122 Å². The quantitative estimate of drug-likeness (QED) is 0.237. The maximum atomic E-state index is 4.90. The number of fused-ring (bicyclic) bond motifs is 11. The Morgan fingerprint density at radius 1 is 0.500 bits per heavy atom. The van der Waals surface area contributed by atoms with Gasteiger partial charge in [-0.3, -0.25) is 9.97 Å². The van der Waals surface area contributed by atoms with Gasteiger partial charge in [0.1, 0.15) is 11.8 Å². The summed E-state index contributed by atoms with van der Waals surface area (Å²) in [6.45, 7) is 0. The fourth-order valence-electron chi connectivity index (χ4n) is 6.41. The lowest BCUT2D eigenvalue weighted by Crippen LogP contribution is -2.01. The lowest BCUT2D eigenvalue weighted by molar-refractivity contribution is 1.15. The minimum Gasteiger partial charge on any atom is -0.307 e. The molecule has 0 amide bonds. The van der Waals surface area contributed by atoms with E-state index in [4.69, 9.17) is 9.97 Å². The van der Waals surface area contributed by atoms with Gasteiger partial charge in [0.2, 0.25) is 0 Å². The van der Waals surface area contributed by atoms with Crippen LogP contribution in [0.15, 0.2) is 122 Å². The zero-order chi connectivity index (χ0) is 26.2. The Morgan fingerprint density at radius 2 is 1.20 bits per heavy atom. The highest BCUT2D eigenvalue weighted by molar-refractivity contribution is 6.35. The summed E-state index contributed by atoms with van der Waals surface area (Å²) in [7, 11) is 0. The summed E-state index contributed by atoms with van der Waals surface area (Å²) >= 11 is 0. The number of nitrogens with zero attached hydrogens (tertiary/aromatic N) is 6. The molecule has 4 aromatic heterocycles. The third kappa shape index (κ3) is 2.71. The van der Waals surface area contributed by atoms with Crippen LogP contribution in [0.3, 0.4) is 0 Å². The van der Waals surface area contributed by atoms with Crippen molar-refractivity contribution in [3.63, 3.8) is 0 Å². The van der Waals surface area contributed by atoms with Crippen molar-refractivity contribution < 1.29 is 0 Å². The van der Waals surface area contributed by atoms with Gasteiger partial charge < -0.3 is 9.13 Å². The molecule has 0 radical (unpaired) electrons. The molecule has 5 aromatic carbocycles. The highest BCUT2D eigenvalue weighted by Gasteiger charge is 2.25. The maximum absolute atomic E-state index is 4.90. The molecular weight excluding hydrogens is 492 g/mol. The van der Waals surface area contributed by atoms with Gasteiger partial charge in [-0.1, -0.05) is 60.7 Å². The van der Waals surface area contributed by atoms with Crippen LogP contribution in [0.2, 0.25) is 0 Å². The smallest absolute Gasteiger partial charge is 0.116 e. The Bertz CT molecular complexity index is 2430. The van der Waals surface area contributed by atoms with Crippen LogP contribution in [-0.2, 0) is 0 Å². The maximum Gasteiger partial charge on any atom is 0.116 e. The van der Waals surface area contributed by atoms with E-state index in [0.717, 1.165) is 76.9 Å². The van der Waals surface area contributed by atoms with E-state index in [1.807, 2.05) is 12.3 Å². The lowest BCUT2D eigenvalue weighted by atomic mass is 10.0. The average molecular weight is 513 g/mol. The van der Waals surface area contributed by atoms with Crippen molar-refractivity contribution >= 4 is 65.5 Å². The van der Waals surface area contributed by atoms with Crippen LogP contribution in [0, 0.1) is 0 Å². The number of aromatic nitrogens is 6. The Kier molecular flexibility index (Phi) is 4.24. The van der Waals surface area contributed by atoms with Crippen molar-refractivity contribution in [1.82, 2.24) is 29.1 Å². The van der Waals surface area contributed by atoms with E-state index in [-0.39, 0.29) is 0 Å². The third-order valence-corrected chi connectivity index (χ3v) is 7.92. The summed E-state index contributed by atoms with van der Waals surface area (Å²) in [5, 5.41) is 5.56. The van der Waals surface area contributed by atoms with Gasteiger partial charge in [0.25, 0.3) is 0 Å². The van der Waals surface area contributed by atoms with Crippen LogP contribution < -0.4 is 0 Å². The second-order valence-corrected chi connectivity index (χ2v) is 9.97. The molecule has 4 heterocycles. The summed E-state index contributed by atoms with van der Waals surface area (Å²) in [5.41, 5.74) is 9.16. The minimum absolute atomic E-state index is 0.854. The molecule has 0 saturated heterocycles. The third-order valence-electron chi connectivity index (χ3n) is 7.92. The van der Waals surface area contributed by atoms with Gasteiger partial charge in [0.15, 0.2) is 0 Å². The fraction of sp³-hybridized carbons (Fsp3) is 0. The second kappa shape index (κ2) is 7.94. The molecular formula is C34H20N6. The summed E-state index contributed by atoms with van der Waals surface area (Å²) < 4.78 is 4.73. The van der Waals surface area contributed by atoms with Crippen LogP contribution in [0.5, 0.6) is 0 Å². The first-order valence-electron chi connectivity index (χ1n) is 13.2. The molecule has 0 saturated carbocycles. The van der Waals surface area contributed by atoms with Crippen LogP contribution in [0.25, 0.3) is 76.9 Å². The Hall–Kier alpha value is -5.62. The van der Waals surface area contributed by atoms with E-state index in [1.54, 1.807) is 18.7 Å². The standard InChI is InChI=1S/C34H20N6/c1-2-9-21(10-3-1)39-26-14-6-5-12-23(26)30-31-24(19-35-20-38-31)29-22-11-4-7-15-27(22)40(33(29)34(30)39)28-16-8-13-25-32(28)37-18-17-36-25/h1-20H. The number of rotatable bonds is 2. The number of hydrogen-bond acceptors (Lipinski definition) is 4. The predicted molar refractivity (Wildman–Crippen MR) is 161 cm³/mol. The first-order valence-corrected chi connectivity index (χ1v) is 13.2. The van der Waals surface area contributed by atoms with Crippen molar-refractivity contribution in [1.29, 1.82) is 0 Å². The molecule has 0 unspecified atom stereocenters. The van der Waals surface area contributed by atoms with E-state index in [2.05, 4.69) is 110 Å². The molecule has 0 aliphatic heterocycles. The van der Waals surface area contributed by atoms with Gasteiger partial charge in [0.05, 0.1) is 38.8 Å². The molecule has 0 bridgehead atoms. The zero-order valence-electron chi connectivity index (χ0n) is 21.2.